The Morgan fingerprint density at radius 2 is 1.69 bits per heavy atom. The molecule has 0 saturated carbocycles. The molecule has 1 amide bonds. The van der Waals surface area contributed by atoms with Gasteiger partial charge in [-0.2, -0.15) is 5.10 Å². The van der Waals surface area contributed by atoms with Gasteiger partial charge in [-0.25, -0.2) is 13.2 Å². The lowest BCUT2D eigenvalue weighted by Crippen LogP contribution is -2.35. The number of carbonyl (C=O) groups excluding carboxylic acids is 1. The highest BCUT2D eigenvalue weighted by molar-refractivity contribution is 6.00. The van der Waals surface area contributed by atoms with Gasteiger partial charge in [0.05, 0.1) is 17.9 Å². The van der Waals surface area contributed by atoms with Crippen LogP contribution in [-0.2, 0) is 11.3 Å². The van der Waals surface area contributed by atoms with E-state index < -0.39 is 11.6 Å². The molecule has 2 heterocycles. The van der Waals surface area contributed by atoms with Crippen molar-refractivity contribution in [3.05, 3.63) is 83.7 Å². The quantitative estimate of drug-likeness (QED) is 0.411. The van der Waals surface area contributed by atoms with E-state index in [0.29, 0.717) is 12.0 Å². The number of nitrogens with two attached hydrogens (primary N) is 1. The molecule has 4 aromatic rings. The molecule has 1 saturated heterocycles. The Hall–Kier alpha value is -3.81. The van der Waals surface area contributed by atoms with E-state index in [1.165, 1.54) is 24.3 Å². The molecule has 5 rings (SSSR count). The van der Waals surface area contributed by atoms with Crippen molar-refractivity contribution in [3.63, 3.8) is 0 Å². The number of aromatic nitrogens is 2. The number of rotatable bonds is 6. The first-order valence-electron chi connectivity index (χ1n) is 11.6. The Balaban J connectivity index is 1.57. The van der Waals surface area contributed by atoms with Crippen LogP contribution in [0.25, 0.3) is 22.2 Å². The molecule has 0 bridgehead atoms. The summed E-state index contributed by atoms with van der Waals surface area (Å²) in [5.41, 5.74) is 8.85. The zero-order valence-electron chi connectivity index (χ0n) is 19.1. The van der Waals surface area contributed by atoms with Crippen molar-refractivity contribution in [2.24, 2.45) is 11.7 Å². The molecule has 180 valence electrons. The maximum atomic E-state index is 14.5. The number of amides is 1. The minimum absolute atomic E-state index is 0.0909. The van der Waals surface area contributed by atoms with E-state index in [4.69, 9.17) is 10.8 Å². The summed E-state index contributed by atoms with van der Waals surface area (Å²) in [5.74, 6) is -1.64. The van der Waals surface area contributed by atoms with Gasteiger partial charge in [-0.15, -0.1) is 0 Å². The van der Waals surface area contributed by atoms with E-state index in [0.717, 1.165) is 59.8 Å². The van der Waals surface area contributed by atoms with Crippen LogP contribution in [0.1, 0.15) is 24.8 Å². The standard InChI is InChI=1S/C27H25F3N4O/c28-20-7-4-18(5-8-20)27-22-2-1-3-24(33-12-10-17(11-13-33)14-25(31)35)26(22)32-34(27)16-19-6-9-21(29)15-23(19)30/h1-9,15,17H,10-14,16H2,(H2,31,35). The van der Waals surface area contributed by atoms with E-state index >= 15 is 0 Å². The van der Waals surface area contributed by atoms with Crippen LogP contribution in [0.4, 0.5) is 18.9 Å². The maximum absolute atomic E-state index is 14.5. The third-order valence-electron chi connectivity index (χ3n) is 6.65. The van der Waals surface area contributed by atoms with Crippen molar-refractivity contribution in [1.29, 1.82) is 0 Å². The molecule has 3 aromatic carbocycles. The molecule has 0 atom stereocenters. The molecule has 8 heteroatoms. The van der Waals surface area contributed by atoms with Crippen LogP contribution in [-0.4, -0.2) is 28.8 Å². The van der Waals surface area contributed by atoms with Gasteiger partial charge in [0.15, 0.2) is 0 Å². The summed E-state index contributed by atoms with van der Waals surface area (Å²) in [7, 11) is 0. The second-order valence-corrected chi connectivity index (χ2v) is 9.02. The van der Waals surface area contributed by atoms with E-state index in [9.17, 15) is 18.0 Å². The van der Waals surface area contributed by atoms with E-state index in [-0.39, 0.29) is 24.2 Å². The Bertz CT molecular complexity index is 1380. The molecule has 1 aromatic heterocycles. The van der Waals surface area contributed by atoms with Crippen LogP contribution >= 0.6 is 0 Å². The Kier molecular flexibility index (Phi) is 6.19. The summed E-state index contributed by atoms with van der Waals surface area (Å²) in [6.07, 6.45) is 2.10. The van der Waals surface area contributed by atoms with Gasteiger partial charge in [-0.1, -0.05) is 18.2 Å². The second kappa shape index (κ2) is 9.44. The summed E-state index contributed by atoms with van der Waals surface area (Å²) < 4.78 is 43.3. The highest BCUT2D eigenvalue weighted by Gasteiger charge is 2.24. The summed E-state index contributed by atoms with van der Waals surface area (Å²) in [6, 6.07) is 15.5. The zero-order chi connectivity index (χ0) is 24.5. The number of halogens is 3. The second-order valence-electron chi connectivity index (χ2n) is 9.02. The smallest absolute Gasteiger partial charge is 0.217 e. The number of benzene rings is 3. The van der Waals surface area contributed by atoms with Gasteiger partial charge >= 0.3 is 0 Å². The number of nitrogens with zero attached hydrogens (tertiary/aromatic N) is 3. The van der Waals surface area contributed by atoms with Gasteiger partial charge in [-0.05, 0) is 55.2 Å². The Labute approximate surface area is 201 Å². The molecule has 5 nitrogen and oxygen atoms in total. The zero-order valence-corrected chi connectivity index (χ0v) is 19.1. The van der Waals surface area contributed by atoms with Crippen LogP contribution in [0.5, 0.6) is 0 Å². The molecule has 2 N–H and O–H groups in total. The Morgan fingerprint density at radius 3 is 2.37 bits per heavy atom. The summed E-state index contributed by atoms with van der Waals surface area (Å²) in [5, 5.41) is 5.72. The summed E-state index contributed by atoms with van der Waals surface area (Å²) >= 11 is 0. The fourth-order valence-electron chi connectivity index (χ4n) is 4.89. The molecule has 0 radical (unpaired) electrons. The fraction of sp³-hybridized carbons (Fsp3) is 0.259. The lowest BCUT2D eigenvalue weighted by Gasteiger charge is -2.33. The predicted octanol–water partition coefficient (Wildman–Crippen LogP) is 5.26. The summed E-state index contributed by atoms with van der Waals surface area (Å²) in [4.78, 5) is 13.5. The fourth-order valence-corrected chi connectivity index (χ4v) is 4.89. The molecule has 1 aliphatic heterocycles. The van der Waals surface area contributed by atoms with Gasteiger partial charge in [0.1, 0.15) is 23.0 Å². The van der Waals surface area contributed by atoms with Gasteiger partial charge in [0.2, 0.25) is 5.91 Å². The minimum atomic E-state index is -0.647. The number of anilines is 1. The van der Waals surface area contributed by atoms with Gasteiger partial charge in [0, 0.05) is 42.1 Å². The number of piperidine rings is 1. The molecular weight excluding hydrogens is 453 g/mol. The van der Waals surface area contributed by atoms with Gasteiger partial charge < -0.3 is 10.6 Å². The topological polar surface area (TPSA) is 64.2 Å². The highest BCUT2D eigenvalue weighted by Crippen LogP contribution is 2.36. The molecule has 1 aliphatic rings. The van der Waals surface area contributed by atoms with Gasteiger partial charge in [-0.3, -0.25) is 9.48 Å². The first-order chi connectivity index (χ1) is 16.9. The molecule has 1 fully saturated rings. The van der Waals surface area contributed by atoms with Crippen molar-refractivity contribution in [2.45, 2.75) is 25.8 Å². The van der Waals surface area contributed by atoms with Crippen molar-refractivity contribution in [2.75, 3.05) is 18.0 Å². The maximum Gasteiger partial charge on any atom is 0.217 e. The lowest BCUT2D eigenvalue weighted by atomic mass is 9.93. The van der Waals surface area contributed by atoms with Gasteiger partial charge in [0.25, 0.3) is 0 Å². The minimum Gasteiger partial charge on any atom is -0.370 e. The normalized spacial score (nSPS) is 14.5. The first kappa shape index (κ1) is 23.0. The first-order valence-corrected chi connectivity index (χ1v) is 11.6. The van der Waals surface area contributed by atoms with Crippen LogP contribution in [0, 0.1) is 23.4 Å². The number of hydrogen-bond donors (Lipinski definition) is 1. The van der Waals surface area contributed by atoms with Crippen molar-refractivity contribution in [3.8, 4) is 11.3 Å². The van der Waals surface area contributed by atoms with E-state index in [1.807, 2.05) is 18.2 Å². The van der Waals surface area contributed by atoms with Crippen LogP contribution in [0.2, 0.25) is 0 Å². The molecular formula is C27H25F3N4O. The average molecular weight is 479 g/mol. The third kappa shape index (κ3) is 4.73. The van der Waals surface area contributed by atoms with E-state index in [1.54, 1.807) is 16.8 Å². The molecule has 0 unspecified atom stereocenters. The number of hydrogen-bond acceptors (Lipinski definition) is 3. The number of fused-ring (bicyclic) bond motifs is 1. The molecule has 35 heavy (non-hydrogen) atoms. The van der Waals surface area contributed by atoms with Crippen LogP contribution in [0.15, 0.2) is 60.7 Å². The predicted molar refractivity (Wildman–Crippen MR) is 129 cm³/mol. The van der Waals surface area contributed by atoms with Crippen LogP contribution in [0.3, 0.4) is 0 Å². The largest absolute Gasteiger partial charge is 0.370 e. The molecule has 0 spiro atoms. The highest BCUT2D eigenvalue weighted by atomic mass is 19.1. The summed E-state index contributed by atoms with van der Waals surface area (Å²) in [6.45, 7) is 1.62. The Morgan fingerprint density at radius 1 is 0.971 bits per heavy atom. The van der Waals surface area contributed by atoms with Crippen LogP contribution < -0.4 is 10.6 Å². The lowest BCUT2D eigenvalue weighted by molar-refractivity contribution is -0.119. The van der Waals surface area contributed by atoms with Crippen molar-refractivity contribution >= 4 is 22.5 Å². The van der Waals surface area contributed by atoms with Crippen molar-refractivity contribution < 1.29 is 18.0 Å². The van der Waals surface area contributed by atoms with E-state index in [2.05, 4.69) is 4.90 Å². The van der Waals surface area contributed by atoms with Crippen molar-refractivity contribution in [1.82, 2.24) is 9.78 Å². The average Bonchev–Trinajstić information content (AvgIpc) is 3.20. The number of primary amides is 1. The molecule has 0 aliphatic carbocycles. The number of carbonyl (C=O) groups is 1. The monoisotopic (exact) mass is 478 g/mol. The SMILES string of the molecule is NC(=O)CC1CCN(c2cccc3c(-c4ccc(F)cc4)n(Cc4ccc(F)cc4F)nc23)CC1. The third-order valence-corrected chi connectivity index (χ3v) is 6.65.